The molecule has 1 aromatic heterocycles. The number of carbonyl (C=O) groups is 1. The van der Waals surface area contributed by atoms with E-state index >= 15 is 0 Å². The molecule has 5 rings (SSSR count). The number of aromatic nitrogens is 3. The zero-order valence-electron chi connectivity index (χ0n) is 14.7. The fraction of sp³-hybridized carbons (Fsp3) is 0.190. The smallest absolute Gasteiger partial charge is 0.226 e. The molecule has 3 aromatic rings. The molecular weight excluding hydrogens is 362 g/mol. The molecule has 0 saturated heterocycles. The predicted molar refractivity (Wildman–Crippen MR) is 98.5 cm³/mol. The Morgan fingerprint density at radius 1 is 1.04 bits per heavy atom. The Balaban J connectivity index is 1.64. The lowest BCUT2D eigenvalue weighted by atomic mass is 9.75. The zero-order valence-corrected chi connectivity index (χ0v) is 14.7. The van der Waals surface area contributed by atoms with Crippen molar-refractivity contribution in [3.63, 3.8) is 0 Å². The maximum Gasteiger partial charge on any atom is 0.226 e. The SMILES string of the molecule is O=C1C[C@@H](c2ccccc2)C=C2Nc3ncnn3[C@@H](c3cc(F)cc(F)c3)[C@H]12. The first-order valence-electron chi connectivity index (χ1n) is 9.02. The highest BCUT2D eigenvalue weighted by atomic mass is 19.1. The molecule has 1 aliphatic carbocycles. The van der Waals surface area contributed by atoms with Crippen LogP contribution in [0.3, 0.4) is 0 Å². The number of hydrogen-bond donors (Lipinski definition) is 1. The van der Waals surface area contributed by atoms with Crippen molar-refractivity contribution in [2.45, 2.75) is 18.4 Å². The molecule has 1 N–H and O–H groups in total. The second kappa shape index (κ2) is 6.37. The van der Waals surface area contributed by atoms with Crippen molar-refractivity contribution >= 4 is 11.7 Å². The van der Waals surface area contributed by atoms with Gasteiger partial charge in [-0.1, -0.05) is 36.4 Å². The van der Waals surface area contributed by atoms with E-state index in [1.807, 2.05) is 36.4 Å². The van der Waals surface area contributed by atoms with Crippen molar-refractivity contribution in [2.24, 2.45) is 5.92 Å². The van der Waals surface area contributed by atoms with E-state index in [1.165, 1.54) is 23.1 Å². The normalized spacial score (nSPS) is 23.4. The summed E-state index contributed by atoms with van der Waals surface area (Å²) in [6.45, 7) is 0. The molecule has 2 aromatic carbocycles. The topological polar surface area (TPSA) is 59.8 Å². The number of ketones is 1. The van der Waals surface area contributed by atoms with Crippen LogP contribution in [0.15, 0.2) is 66.6 Å². The average molecular weight is 378 g/mol. The third-order valence-corrected chi connectivity index (χ3v) is 5.35. The Bertz CT molecular complexity index is 1070. The third-order valence-electron chi connectivity index (χ3n) is 5.35. The van der Waals surface area contributed by atoms with Gasteiger partial charge in [-0.15, -0.1) is 0 Å². The van der Waals surface area contributed by atoms with E-state index in [9.17, 15) is 13.6 Å². The molecule has 2 aliphatic rings. The van der Waals surface area contributed by atoms with Gasteiger partial charge in [-0.3, -0.25) is 4.79 Å². The predicted octanol–water partition coefficient (Wildman–Crippen LogP) is 3.83. The molecule has 0 radical (unpaired) electrons. The van der Waals surface area contributed by atoms with Gasteiger partial charge in [0.05, 0.1) is 12.0 Å². The minimum atomic E-state index is -0.689. The molecule has 5 nitrogen and oxygen atoms in total. The fourth-order valence-corrected chi connectivity index (χ4v) is 4.17. The first kappa shape index (κ1) is 16.8. The summed E-state index contributed by atoms with van der Waals surface area (Å²) in [6, 6.07) is 12.4. The van der Waals surface area contributed by atoms with Crippen LogP contribution in [0.4, 0.5) is 14.7 Å². The van der Waals surface area contributed by atoms with Crippen LogP contribution in [0.1, 0.15) is 29.5 Å². The van der Waals surface area contributed by atoms with Gasteiger partial charge in [-0.05, 0) is 23.3 Å². The van der Waals surface area contributed by atoms with Crippen molar-refractivity contribution in [1.82, 2.24) is 14.8 Å². The number of hydrogen-bond acceptors (Lipinski definition) is 4. The first-order valence-corrected chi connectivity index (χ1v) is 9.02. The summed E-state index contributed by atoms with van der Waals surface area (Å²) in [5.74, 6) is -1.60. The van der Waals surface area contributed by atoms with E-state index in [0.29, 0.717) is 23.6 Å². The highest BCUT2D eigenvalue weighted by Crippen LogP contribution is 2.44. The van der Waals surface area contributed by atoms with Gasteiger partial charge in [-0.2, -0.15) is 10.1 Å². The largest absolute Gasteiger partial charge is 0.328 e. The molecule has 140 valence electrons. The van der Waals surface area contributed by atoms with Gasteiger partial charge in [0.15, 0.2) is 0 Å². The van der Waals surface area contributed by atoms with Crippen molar-refractivity contribution in [3.8, 4) is 0 Å². The quantitative estimate of drug-likeness (QED) is 0.736. The van der Waals surface area contributed by atoms with Gasteiger partial charge < -0.3 is 5.32 Å². The molecule has 7 heteroatoms. The number of Topliss-reactive ketones (excluding diaryl/α,β-unsaturated/α-hetero) is 1. The molecule has 3 atom stereocenters. The molecule has 0 spiro atoms. The summed E-state index contributed by atoms with van der Waals surface area (Å²) in [5, 5.41) is 7.38. The van der Waals surface area contributed by atoms with Crippen LogP contribution in [0, 0.1) is 17.6 Å². The number of fused-ring (bicyclic) bond motifs is 2. The summed E-state index contributed by atoms with van der Waals surface area (Å²) < 4.78 is 29.3. The standard InChI is InChI=1S/C21H16F2N4O/c22-15-6-14(7-16(23)10-15)20-19-17(26-21-24-11-25-27(20)21)8-13(9-18(19)28)12-4-2-1-3-5-12/h1-8,10-11,13,19-20H,9H2,(H,24,25,26)/t13-,19-,20-/m0/s1. The fourth-order valence-electron chi connectivity index (χ4n) is 4.17. The van der Waals surface area contributed by atoms with E-state index in [4.69, 9.17) is 0 Å². The Morgan fingerprint density at radius 3 is 2.54 bits per heavy atom. The van der Waals surface area contributed by atoms with E-state index in [1.54, 1.807) is 0 Å². The van der Waals surface area contributed by atoms with Gasteiger partial charge in [0.25, 0.3) is 0 Å². The second-order valence-corrected chi connectivity index (χ2v) is 7.09. The summed E-state index contributed by atoms with van der Waals surface area (Å²) >= 11 is 0. The van der Waals surface area contributed by atoms with Crippen LogP contribution in [-0.2, 0) is 4.79 Å². The van der Waals surface area contributed by atoms with Crippen LogP contribution in [-0.4, -0.2) is 20.5 Å². The summed E-state index contributed by atoms with van der Waals surface area (Å²) in [7, 11) is 0. The number of benzene rings is 2. The van der Waals surface area contributed by atoms with E-state index in [-0.39, 0.29) is 11.7 Å². The Hall–Kier alpha value is -3.35. The van der Waals surface area contributed by atoms with Crippen LogP contribution >= 0.6 is 0 Å². The van der Waals surface area contributed by atoms with Crippen LogP contribution in [0.2, 0.25) is 0 Å². The van der Waals surface area contributed by atoms with Crippen molar-refractivity contribution < 1.29 is 13.6 Å². The molecule has 0 fully saturated rings. The monoisotopic (exact) mass is 378 g/mol. The number of carbonyl (C=O) groups excluding carboxylic acids is 1. The van der Waals surface area contributed by atoms with E-state index in [2.05, 4.69) is 15.4 Å². The van der Waals surface area contributed by atoms with E-state index < -0.39 is 23.6 Å². The third kappa shape index (κ3) is 2.70. The maximum absolute atomic E-state index is 13.9. The van der Waals surface area contributed by atoms with Crippen molar-refractivity contribution in [1.29, 1.82) is 0 Å². The first-order chi connectivity index (χ1) is 13.6. The molecule has 0 amide bonds. The van der Waals surface area contributed by atoms with Gasteiger partial charge in [0, 0.05) is 24.1 Å². The minimum Gasteiger partial charge on any atom is -0.328 e. The van der Waals surface area contributed by atoms with Crippen molar-refractivity contribution in [3.05, 3.63) is 89.4 Å². The summed E-state index contributed by atoms with van der Waals surface area (Å²) in [6.07, 6.45) is 3.70. The van der Waals surface area contributed by atoms with Gasteiger partial charge in [0.1, 0.15) is 23.7 Å². The Labute approximate surface area is 159 Å². The number of anilines is 1. The number of rotatable bonds is 2. The second-order valence-electron chi connectivity index (χ2n) is 7.09. The highest BCUT2D eigenvalue weighted by Gasteiger charge is 2.43. The molecule has 2 heterocycles. The lowest BCUT2D eigenvalue weighted by molar-refractivity contribution is -0.123. The van der Waals surface area contributed by atoms with Gasteiger partial charge in [0.2, 0.25) is 5.95 Å². The highest BCUT2D eigenvalue weighted by molar-refractivity contribution is 5.88. The van der Waals surface area contributed by atoms with Crippen LogP contribution < -0.4 is 5.32 Å². The zero-order chi connectivity index (χ0) is 19.3. The number of nitrogens with one attached hydrogen (secondary N) is 1. The van der Waals surface area contributed by atoms with Crippen LogP contribution in [0.5, 0.6) is 0 Å². The molecule has 0 unspecified atom stereocenters. The molecule has 28 heavy (non-hydrogen) atoms. The Morgan fingerprint density at radius 2 is 1.79 bits per heavy atom. The number of allylic oxidation sites excluding steroid dienone is 2. The molecule has 0 bridgehead atoms. The van der Waals surface area contributed by atoms with Crippen molar-refractivity contribution in [2.75, 3.05) is 5.32 Å². The van der Waals surface area contributed by atoms with Crippen LogP contribution in [0.25, 0.3) is 0 Å². The average Bonchev–Trinajstić information content (AvgIpc) is 3.14. The summed E-state index contributed by atoms with van der Waals surface area (Å²) in [4.78, 5) is 17.4. The van der Waals surface area contributed by atoms with Gasteiger partial charge >= 0.3 is 0 Å². The molecule has 1 aliphatic heterocycles. The van der Waals surface area contributed by atoms with Gasteiger partial charge in [-0.25, -0.2) is 13.5 Å². The lowest BCUT2D eigenvalue weighted by Crippen LogP contribution is -2.40. The summed E-state index contributed by atoms with van der Waals surface area (Å²) in [5.41, 5.74) is 2.09. The lowest BCUT2D eigenvalue weighted by Gasteiger charge is -2.38. The maximum atomic E-state index is 13.9. The minimum absolute atomic E-state index is 0.00493. The number of nitrogens with zero attached hydrogens (tertiary/aromatic N) is 3. The van der Waals surface area contributed by atoms with E-state index in [0.717, 1.165) is 11.6 Å². The Kier molecular flexibility index (Phi) is 3.82. The molecule has 0 saturated carbocycles. The number of halogens is 2. The molecular formula is C21H16F2N4O.